The van der Waals surface area contributed by atoms with Crippen LogP contribution in [0.15, 0.2) is 54.6 Å². The Bertz CT molecular complexity index is 743. The first-order chi connectivity index (χ1) is 12.2. The molecule has 130 valence electrons. The van der Waals surface area contributed by atoms with Crippen molar-refractivity contribution >= 4 is 11.7 Å². The highest BCUT2D eigenvalue weighted by molar-refractivity contribution is 6.15. The Hall–Kier alpha value is -2.46. The predicted octanol–water partition coefficient (Wildman–Crippen LogP) is 3.09. The first kappa shape index (κ1) is 17.4. The number of ketones is 1. The molecule has 0 N–H and O–H groups in total. The highest BCUT2D eigenvalue weighted by Gasteiger charge is 2.24. The molecule has 0 bridgehead atoms. The fourth-order valence-electron chi connectivity index (χ4n) is 3.27. The van der Waals surface area contributed by atoms with E-state index in [0.717, 1.165) is 32.6 Å². The van der Waals surface area contributed by atoms with E-state index in [1.165, 1.54) is 0 Å². The van der Waals surface area contributed by atoms with E-state index in [1.54, 1.807) is 24.3 Å². The minimum Gasteiger partial charge on any atom is -0.337 e. The second-order valence-corrected chi connectivity index (χ2v) is 6.32. The lowest BCUT2D eigenvalue weighted by molar-refractivity contribution is 0.0757. The van der Waals surface area contributed by atoms with Crippen molar-refractivity contribution in [1.29, 1.82) is 0 Å². The van der Waals surface area contributed by atoms with Gasteiger partial charge < -0.3 is 9.80 Å². The topological polar surface area (TPSA) is 40.6 Å². The first-order valence-electron chi connectivity index (χ1n) is 8.91. The summed E-state index contributed by atoms with van der Waals surface area (Å²) in [5, 5.41) is 0. The van der Waals surface area contributed by atoms with E-state index >= 15 is 0 Å². The number of nitrogens with zero attached hydrogens (tertiary/aromatic N) is 2. The van der Waals surface area contributed by atoms with Crippen LogP contribution in [0.1, 0.15) is 39.6 Å². The average Bonchev–Trinajstić information content (AvgIpc) is 2.93. The SMILES string of the molecule is CCN1CCCN(C(=O)c2ccccc2C(=O)c2ccccc2)CC1. The smallest absolute Gasteiger partial charge is 0.254 e. The quantitative estimate of drug-likeness (QED) is 0.806. The second-order valence-electron chi connectivity index (χ2n) is 6.32. The minimum absolute atomic E-state index is 0.0437. The zero-order valence-electron chi connectivity index (χ0n) is 14.6. The van der Waals surface area contributed by atoms with E-state index in [2.05, 4.69) is 11.8 Å². The molecule has 25 heavy (non-hydrogen) atoms. The van der Waals surface area contributed by atoms with Gasteiger partial charge in [0.25, 0.3) is 5.91 Å². The van der Waals surface area contributed by atoms with E-state index in [9.17, 15) is 9.59 Å². The lowest BCUT2D eigenvalue weighted by Crippen LogP contribution is -2.36. The van der Waals surface area contributed by atoms with Crippen molar-refractivity contribution in [3.63, 3.8) is 0 Å². The van der Waals surface area contributed by atoms with E-state index in [0.29, 0.717) is 23.2 Å². The molecule has 2 aromatic rings. The number of amides is 1. The van der Waals surface area contributed by atoms with Crippen molar-refractivity contribution in [2.24, 2.45) is 0 Å². The molecule has 0 aliphatic carbocycles. The molecule has 1 aliphatic rings. The van der Waals surface area contributed by atoms with Crippen LogP contribution in [-0.2, 0) is 0 Å². The maximum atomic E-state index is 13.1. The summed E-state index contributed by atoms with van der Waals surface area (Å²) in [5.74, 6) is -0.146. The van der Waals surface area contributed by atoms with E-state index in [1.807, 2.05) is 35.2 Å². The number of carbonyl (C=O) groups excluding carboxylic acids is 2. The van der Waals surface area contributed by atoms with Gasteiger partial charge in [0.1, 0.15) is 0 Å². The summed E-state index contributed by atoms with van der Waals surface area (Å²) in [6.45, 7) is 6.50. The van der Waals surface area contributed by atoms with Crippen LogP contribution in [0, 0.1) is 0 Å². The van der Waals surface area contributed by atoms with Crippen molar-refractivity contribution in [1.82, 2.24) is 9.80 Å². The Morgan fingerprint density at radius 3 is 2.24 bits per heavy atom. The van der Waals surface area contributed by atoms with Gasteiger partial charge in [0, 0.05) is 30.8 Å². The standard InChI is InChI=1S/C21H24N2O2/c1-2-22-13-8-14-23(16-15-22)21(25)19-12-7-6-11-18(19)20(24)17-9-4-3-5-10-17/h3-7,9-12H,2,8,13-16H2,1H3. The van der Waals surface area contributed by atoms with Gasteiger partial charge in [-0.15, -0.1) is 0 Å². The highest BCUT2D eigenvalue weighted by atomic mass is 16.2. The number of hydrogen-bond donors (Lipinski definition) is 0. The minimum atomic E-state index is -0.102. The van der Waals surface area contributed by atoms with Crippen LogP contribution in [0.3, 0.4) is 0 Å². The highest BCUT2D eigenvalue weighted by Crippen LogP contribution is 2.18. The third-order valence-corrected chi connectivity index (χ3v) is 4.76. The Morgan fingerprint density at radius 1 is 0.840 bits per heavy atom. The molecule has 0 spiro atoms. The monoisotopic (exact) mass is 336 g/mol. The van der Waals surface area contributed by atoms with Gasteiger partial charge in [0.2, 0.25) is 0 Å². The summed E-state index contributed by atoms with van der Waals surface area (Å²) >= 11 is 0. The summed E-state index contributed by atoms with van der Waals surface area (Å²) in [6.07, 6.45) is 0.967. The Balaban J connectivity index is 1.85. The van der Waals surface area contributed by atoms with Gasteiger partial charge in [-0.3, -0.25) is 9.59 Å². The average molecular weight is 336 g/mol. The molecule has 3 rings (SSSR count). The van der Waals surface area contributed by atoms with E-state index in [-0.39, 0.29) is 11.7 Å². The van der Waals surface area contributed by atoms with Gasteiger partial charge in [-0.25, -0.2) is 0 Å². The van der Waals surface area contributed by atoms with Crippen LogP contribution < -0.4 is 0 Å². The summed E-state index contributed by atoms with van der Waals surface area (Å²) in [5.41, 5.74) is 1.59. The molecule has 0 unspecified atom stereocenters. The Labute approximate surface area is 149 Å². The van der Waals surface area contributed by atoms with Crippen LogP contribution in [0.25, 0.3) is 0 Å². The first-order valence-corrected chi connectivity index (χ1v) is 8.91. The molecule has 4 heteroatoms. The van der Waals surface area contributed by atoms with Crippen molar-refractivity contribution in [2.75, 3.05) is 32.7 Å². The molecule has 0 aromatic heterocycles. The van der Waals surface area contributed by atoms with Crippen LogP contribution >= 0.6 is 0 Å². The predicted molar refractivity (Wildman–Crippen MR) is 99.0 cm³/mol. The normalized spacial score (nSPS) is 15.6. The number of carbonyl (C=O) groups is 2. The molecule has 1 heterocycles. The maximum Gasteiger partial charge on any atom is 0.254 e. The van der Waals surface area contributed by atoms with E-state index < -0.39 is 0 Å². The van der Waals surface area contributed by atoms with Crippen molar-refractivity contribution in [3.05, 3.63) is 71.3 Å². The summed E-state index contributed by atoms with van der Waals surface area (Å²) in [6, 6.07) is 16.3. The van der Waals surface area contributed by atoms with Gasteiger partial charge >= 0.3 is 0 Å². The molecule has 1 fully saturated rings. The van der Waals surface area contributed by atoms with Gasteiger partial charge in [-0.05, 0) is 25.6 Å². The third kappa shape index (κ3) is 3.97. The second kappa shape index (κ2) is 8.08. The zero-order chi connectivity index (χ0) is 17.6. The van der Waals surface area contributed by atoms with Crippen LogP contribution in [0.4, 0.5) is 0 Å². The number of likely N-dealkylation sites (N-methyl/N-ethyl adjacent to an activating group) is 1. The number of hydrogen-bond acceptors (Lipinski definition) is 3. The molecule has 0 saturated carbocycles. The fraction of sp³-hybridized carbons (Fsp3) is 0.333. The third-order valence-electron chi connectivity index (χ3n) is 4.76. The molecular weight excluding hydrogens is 312 g/mol. The molecular formula is C21H24N2O2. The molecule has 2 aromatic carbocycles. The van der Waals surface area contributed by atoms with Crippen LogP contribution in [0.2, 0.25) is 0 Å². The van der Waals surface area contributed by atoms with Gasteiger partial charge in [-0.2, -0.15) is 0 Å². The molecule has 1 saturated heterocycles. The molecule has 1 aliphatic heterocycles. The lowest BCUT2D eigenvalue weighted by Gasteiger charge is -2.22. The largest absolute Gasteiger partial charge is 0.337 e. The molecule has 1 amide bonds. The van der Waals surface area contributed by atoms with Crippen molar-refractivity contribution < 1.29 is 9.59 Å². The maximum absolute atomic E-state index is 13.1. The van der Waals surface area contributed by atoms with Crippen LogP contribution in [-0.4, -0.2) is 54.2 Å². The lowest BCUT2D eigenvalue weighted by atomic mass is 9.97. The van der Waals surface area contributed by atoms with Gasteiger partial charge in [-0.1, -0.05) is 55.5 Å². The molecule has 0 radical (unpaired) electrons. The number of benzene rings is 2. The summed E-state index contributed by atoms with van der Waals surface area (Å²) in [4.78, 5) is 30.1. The van der Waals surface area contributed by atoms with Gasteiger partial charge in [0.15, 0.2) is 5.78 Å². The van der Waals surface area contributed by atoms with Crippen molar-refractivity contribution in [3.8, 4) is 0 Å². The summed E-state index contributed by atoms with van der Waals surface area (Å²) in [7, 11) is 0. The van der Waals surface area contributed by atoms with Crippen molar-refractivity contribution in [2.45, 2.75) is 13.3 Å². The van der Waals surface area contributed by atoms with Gasteiger partial charge in [0.05, 0.1) is 5.56 Å². The van der Waals surface area contributed by atoms with Crippen LogP contribution in [0.5, 0.6) is 0 Å². The molecule has 0 atom stereocenters. The Kier molecular flexibility index (Phi) is 5.61. The summed E-state index contributed by atoms with van der Waals surface area (Å²) < 4.78 is 0. The Morgan fingerprint density at radius 2 is 1.52 bits per heavy atom. The fourth-order valence-corrected chi connectivity index (χ4v) is 3.27. The van der Waals surface area contributed by atoms with E-state index in [4.69, 9.17) is 0 Å². The molecule has 4 nitrogen and oxygen atoms in total. The zero-order valence-corrected chi connectivity index (χ0v) is 14.6. The number of rotatable bonds is 4.